The quantitative estimate of drug-likeness (QED) is 0.646. The fraction of sp³-hybridized carbons (Fsp3) is 0.750. The van der Waals surface area contributed by atoms with E-state index < -0.39 is 0 Å². The molecule has 1 fully saturated rings. The molecule has 2 amide bonds. The molecule has 0 aliphatic carbocycles. The lowest BCUT2D eigenvalue weighted by Crippen LogP contribution is -2.33. The van der Waals surface area contributed by atoms with Gasteiger partial charge in [0, 0.05) is 18.7 Å². The second kappa shape index (κ2) is 5.24. The highest BCUT2D eigenvalue weighted by atomic mass is 32.2. The Morgan fingerprint density at radius 3 is 2.92 bits per heavy atom. The summed E-state index contributed by atoms with van der Waals surface area (Å²) in [7, 11) is 0. The number of hydrogen-bond acceptors (Lipinski definition) is 4. The number of rotatable bonds is 4. The van der Waals surface area contributed by atoms with E-state index in [-0.39, 0.29) is 18.4 Å². The summed E-state index contributed by atoms with van der Waals surface area (Å²) in [6.45, 7) is 0.642. The van der Waals surface area contributed by atoms with Crippen LogP contribution in [-0.2, 0) is 9.59 Å². The summed E-state index contributed by atoms with van der Waals surface area (Å²) in [6.07, 6.45) is 1.28. The van der Waals surface area contributed by atoms with E-state index in [1.807, 2.05) is 0 Å². The minimum atomic E-state index is -0.124. The van der Waals surface area contributed by atoms with Gasteiger partial charge in [-0.25, -0.2) is 0 Å². The number of carbonyl (C=O) groups excluding carboxylic acids is 2. The van der Waals surface area contributed by atoms with Crippen LogP contribution in [0.25, 0.3) is 0 Å². The molecule has 1 aliphatic rings. The summed E-state index contributed by atoms with van der Waals surface area (Å²) < 4.78 is 0. The molecule has 1 heterocycles. The van der Waals surface area contributed by atoms with E-state index >= 15 is 0 Å². The Hall–Kier alpha value is -0.550. The topological polar surface area (TPSA) is 57.6 Å². The molecule has 74 valence electrons. The molecule has 0 radical (unpaired) electrons. The van der Waals surface area contributed by atoms with Crippen molar-refractivity contribution in [3.8, 4) is 0 Å². The van der Waals surface area contributed by atoms with Gasteiger partial charge in [0.2, 0.25) is 11.8 Å². The molecule has 0 aromatic heterocycles. The Balaban J connectivity index is 2.26. The van der Waals surface area contributed by atoms with Crippen LogP contribution in [0.5, 0.6) is 0 Å². The fourth-order valence-corrected chi connectivity index (χ4v) is 1.82. The minimum Gasteiger partial charge on any atom is -0.396 e. The highest BCUT2D eigenvalue weighted by Crippen LogP contribution is 2.11. The van der Waals surface area contributed by atoms with E-state index in [1.165, 1.54) is 16.7 Å². The first-order chi connectivity index (χ1) is 6.25. The smallest absolute Gasteiger partial charge is 0.239 e. The predicted octanol–water partition coefficient (Wildman–Crippen LogP) is -0.139. The highest BCUT2D eigenvalue weighted by Gasteiger charge is 2.25. The van der Waals surface area contributed by atoms with E-state index in [2.05, 4.69) is 0 Å². The van der Waals surface area contributed by atoms with Gasteiger partial charge in [-0.3, -0.25) is 14.5 Å². The lowest BCUT2D eigenvalue weighted by molar-refractivity contribution is -0.140. The Morgan fingerprint density at radius 2 is 2.38 bits per heavy atom. The lowest BCUT2D eigenvalue weighted by atomic mass is 10.4. The Bertz CT molecular complexity index is 208. The molecule has 1 saturated heterocycles. The molecule has 0 saturated carbocycles. The van der Waals surface area contributed by atoms with Crippen molar-refractivity contribution >= 4 is 23.6 Å². The van der Waals surface area contributed by atoms with Gasteiger partial charge in [0.1, 0.15) is 0 Å². The van der Waals surface area contributed by atoms with E-state index in [0.29, 0.717) is 24.5 Å². The number of carbonyl (C=O) groups is 2. The second-order valence-electron chi connectivity index (χ2n) is 2.82. The van der Waals surface area contributed by atoms with Crippen LogP contribution in [-0.4, -0.2) is 46.5 Å². The monoisotopic (exact) mass is 203 g/mol. The molecule has 5 heteroatoms. The summed E-state index contributed by atoms with van der Waals surface area (Å²) in [4.78, 5) is 23.7. The van der Waals surface area contributed by atoms with Gasteiger partial charge in [0.05, 0.1) is 12.4 Å². The molecule has 4 nitrogen and oxygen atoms in total. The first-order valence-corrected chi connectivity index (χ1v) is 5.43. The summed E-state index contributed by atoms with van der Waals surface area (Å²) in [5.74, 6) is 0.663. The van der Waals surface area contributed by atoms with E-state index in [4.69, 9.17) is 5.11 Å². The van der Waals surface area contributed by atoms with Gasteiger partial charge in [-0.15, -0.1) is 11.8 Å². The van der Waals surface area contributed by atoms with Crippen molar-refractivity contribution in [2.24, 2.45) is 0 Å². The van der Waals surface area contributed by atoms with E-state index in [9.17, 15) is 9.59 Å². The molecular formula is C8H13NO3S. The number of aliphatic hydroxyl groups excluding tert-OH is 1. The summed E-state index contributed by atoms with van der Waals surface area (Å²) in [5, 5.41) is 8.48. The summed E-state index contributed by atoms with van der Waals surface area (Å²) in [5.41, 5.74) is 0. The van der Waals surface area contributed by atoms with Gasteiger partial charge in [0.15, 0.2) is 0 Å². The van der Waals surface area contributed by atoms with Crippen LogP contribution >= 0.6 is 11.8 Å². The Labute approximate surface area is 81.3 Å². The van der Waals surface area contributed by atoms with Crippen molar-refractivity contribution in [1.82, 2.24) is 4.90 Å². The zero-order valence-electron chi connectivity index (χ0n) is 7.36. The first-order valence-electron chi connectivity index (χ1n) is 4.27. The van der Waals surface area contributed by atoms with Crippen LogP contribution < -0.4 is 0 Å². The summed E-state index contributed by atoms with van der Waals surface area (Å²) >= 11 is 1.36. The highest BCUT2D eigenvalue weighted by molar-refractivity contribution is 7.99. The zero-order valence-corrected chi connectivity index (χ0v) is 8.18. The summed E-state index contributed by atoms with van der Waals surface area (Å²) in [6, 6.07) is 0. The molecule has 0 aromatic rings. The average Bonchev–Trinajstić information content (AvgIpc) is 2.52. The van der Waals surface area contributed by atoms with Crippen LogP contribution in [0.3, 0.4) is 0 Å². The van der Waals surface area contributed by atoms with Crippen LogP contribution in [0.4, 0.5) is 0 Å². The van der Waals surface area contributed by atoms with Gasteiger partial charge >= 0.3 is 0 Å². The predicted molar refractivity (Wildman–Crippen MR) is 50.4 cm³/mol. The maximum Gasteiger partial charge on any atom is 0.239 e. The number of nitrogens with zero attached hydrogens (tertiary/aromatic N) is 1. The Morgan fingerprint density at radius 1 is 1.62 bits per heavy atom. The Kier molecular flexibility index (Phi) is 4.24. The fourth-order valence-electron chi connectivity index (χ4n) is 1.21. The van der Waals surface area contributed by atoms with Crippen molar-refractivity contribution in [2.75, 3.05) is 24.7 Å². The number of thioether (sulfide) groups is 1. The molecule has 13 heavy (non-hydrogen) atoms. The van der Waals surface area contributed by atoms with Crippen LogP contribution in [0.2, 0.25) is 0 Å². The first kappa shape index (κ1) is 10.5. The normalized spacial score (nSPS) is 16.7. The van der Waals surface area contributed by atoms with E-state index in [1.54, 1.807) is 0 Å². The van der Waals surface area contributed by atoms with Gasteiger partial charge in [0.25, 0.3) is 0 Å². The number of imide groups is 1. The van der Waals surface area contributed by atoms with Crippen molar-refractivity contribution in [3.05, 3.63) is 0 Å². The number of amides is 2. The molecule has 1 aliphatic heterocycles. The van der Waals surface area contributed by atoms with Crippen molar-refractivity contribution in [3.63, 3.8) is 0 Å². The molecule has 0 aromatic carbocycles. The van der Waals surface area contributed by atoms with Crippen LogP contribution in [0, 0.1) is 0 Å². The third kappa shape index (κ3) is 3.00. The van der Waals surface area contributed by atoms with Gasteiger partial charge in [-0.2, -0.15) is 0 Å². The average molecular weight is 203 g/mol. The number of likely N-dealkylation sites (tertiary alicyclic amines) is 1. The third-order valence-electron chi connectivity index (χ3n) is 1.84. The SMILES string of the molecule is O=C1CCCN1C(=O)CSCCO. The molecule has 1 rings (SSSR count). The van der Waals surface area contributed by atoms with Crippen molar-refractivity contribution < 1.29 is 14.7 Å². The van der Waals surface area contributed by atoms with E-state index in [0.717, 1.165) is 6.42 Å². The maximum atomic E-state index is 11.3. The molecular weight excluding hydrogens is 190 g/mol. The van der Waals surface area contributed by atoms with Crippen molar-refractivity contribution in [2.45, 2.75) is 12.8 Å². The van der Waals surface area contributed by atoms with Gasteiger partial charge in [-0.1, -0.05) is 0 Å². The number of hydrogen-bond donors (Lipinski definition) is 1. The molecule has 0 unspecified atom stereocenters. The zero-order chi connectivity index (χ0) is 9.68. The molecule has 0 bridgehead atoms. The van der Waals surface area contributed by atoms with Gasteiger partial charge in [-0.05, 0) is 6.42 Å². The molecule has 0 spiro atoms. The van der Waals surface area contributed by atoms with Crippen molar-refractivity contribution in [1.29, 1.82) is 0 Å². The standard InChI is InChI=1S/C8H13NO3S/c10-4-5-13-6-8(12)9-3-1-2-7(9)11/h10H,1-6H2. The molecule has 0 atom stereocenters. The lowest BCUT2D eigenvalue weighted by Gasteiger charge is -2.12. The minimum absolute atomic E-state index is 0.0606. The van der Waals surface area contributed by atoms with Crippen LogP contribution in [0.15, 0.2) is 0 Å². The van der Waals surface area contributed by atoms with Gasteiger partial charge < -0.3 is 5.11 Å². The van der Waals surface area contributed by atoms with Crippen LogP contribution in [0.1, 0.15) is 12.8 Å². The third-order valence-corrected chi connectivity index (χ3v) is 2.76. The number of aliphatic hydroxyl groups is 1. The second-order valence-corrected chi connectivity index (χ2v) is 3.92. The molecule has 1 N–H and O–H groups in total. The largest absolute Gasteiger partial charge is 0.396 e. The maximum absolute atomic E-state index is 11.3.